The van der Waals surface area contributed by atoms with Crippen molar-refractivity contribution < 1.29 is 10.0 Å². The molecule has 0 spiro atoms. The number of nitriles is 1. The van der Waals surface area contributed by atoms with Crippen LogP contribution in [0, 0.1) is 21.4 Å². The summed E-state index contributed by atoms with van der Waals surface area (Å²) in [5.74, 6) is 0.135. The molecule has 1 atom stereocenters. The van der Waals surface area contributed by atoms with Gasteiger partial charge in [0.05, 0.1) is 16.6 Å². The molecule has 106 valence electrons. The molecular formula is C15H13N3O3. The van der Waals surface area contributed by atoms with Crippen molar-refractivity contribution in [1.29, 1.82) is 5.26 Å². The second-order valence-corrected chi connectivity index (χ2v) is 4.56. The quantitative estimate of drug-likeness (QED) is 0.662. The number of hydrogen-bond donors (Lipinski definition) is 2. The van der Waals surface area contributed by atoms with Crippen LogP contribution in [0.3, 0.4) is 0 Å². The molecule has 6 nitrogen and oxygen atoms in total. The Morgan fingerprint density at radius 1 is 1.33 bits per heavy atom. The molecule has 0 saturated carbocycles. The predicted molar refractivity (Wildman–Crippen MR) is 78.0 cm³/mol. The summed E-state index contributed by atoms with van der Waals surface area (Å²) in [4.78, 5) is 10.5. The van der Waals surface area contributed by atoms with Crippen LogP contribution in [0.5, 0.6) is 5.75 Å². The molecule has 2 aromatic carbocycles. The Bertz CT molecular complexity index is 722. The number of anilines is 1. The van der Waals surface area contributed by atoms with Gasteiger partial charge in [0.15, 0.2) is 0 Å². The second kappa shape index (κ2) is 5.92. The lowest BCUT2D eigenvalue weighted by molar-refractivity contribution is -0.384. The lowest BCUT2D eigenvalue weighted by Gasteiger charge is -2.16. The summed E-state index contributed by atoms with van der Waals surface area (Å²) in [5, 5.41) is 32.4. The Hall–Kier alpha value is -3.07. The summed E-state index contributed by atoms with van der Waals surface area (Å²) in [6.07, 6.45) is 0. The van der Waals surface area contributed by atoms with E-state index in [9.17, 15) is 15.2 Å². The van der Waals surface area contributed by atoms with Crippen LogP contribution in [0.15, 0.2) is 42.5 Å². The molecular weight excluding hydrogens is 270 g/mol. The largest absolute Gasteiger partial charge is 0.508 e. The number of nitrogens with one attached hydrogen (secondary N) is 1. The van der Waals surface area contributed by atoms with Gasteiger partial charge in [-0.3, -0.25) is 10.1 Å². The minimum Gasteiger partial charge on any atom is -0.508 e. The van der Waals surface area contributed by atoms with E-state index in [-0.39, 0.29) is 23.0 Å². The van der Waals surface area contributed by atoms with Crippen molar-refractivity contribution in [2.24, 2.45) is 0 Å². The average molecular weight is 283 g/mol. The third kappa shape index (κ3) is 3.28. The van der Waals surface area contributed by atoms with Gasteiger partial charge in [0.25, 0.3) is 5.69 Å². The van der Waals surface area contributed by atoms with Gasteiger partial charge in [-0.05, 0) is 36.8 Å². The van der Waals surface area contributed by atoms with E-state index in [0.717, 1.165) is 5.56 Å². The number of hydrogen-bond acceptors (Lipinski definition) is 5. The van der Waals surface area contributed by atoms with Crippen LogP contribution in [0.25, 0.3) is 0 Å². The first-order valence-corrected chi connectivity index (χ1v) is 6.25. The molecule has 2 N–H and O–H groups in total. The zero-order valence-electron chi connectivity index (χ0n) is 11.3. The van der Waals surface area contributed by atoms with Crippen molar-refractivity contribution in [2.45, 2.75) is 13.0 Å². The number of aromatic hydroxyl groups is 1. The predicted octanol–water partition coefficient (Wildman–Crippen LogP) is 3.35. The van der Waals surface area contributed by atoms with Crippen molar-refractivity contribution in [3.05, 3.63) is 63.7 Å². The number of phenols is 1. The highest BCUT2D eigenvalue weighted by Gasteiger charge is 2.17. The van der Waals surface area contributed by atoms with Gasteiger partial charge in [-0.2, -0.15) is 5.26 Å². The molecule has 0 aromatic heterocycles. The van der Waals surface area contributed by atoms with Crippen LogP contribution in [0.4, 0.5) is 11.4 Å². The molecule has 0 amide bonds. The first-order chi connectivity index (χ1) is 10.0. The van der Waals surface area contributed by atoms with Gasteiger partial charge in [0.1, 0.15) is 11.4 Å². The number of rotatable bonds is 4. The molecule has 2 aromatic rings. The molecule has 0 bridgehead atoms. The van der Waals surface area contributed by atoms with Crippen LogP contribution < -0.4 is 5.32 Å². The molecule has 0 radical (unpaired) electrons. The molecule has 0 heterocycles. The molecule has 0 aliphatic carbocycles. The van der Waals surface area contributed by atoms with Gasteiger partial charge in [-0.1, -0.05) is 12.1 Å². The molecule has 0 fully saturated rings. The standard InChI is InChI=1S/C15H13N3O3/c1-10(12-3-2-4-13(19)8-12)17-14-6-5-11(9-16)7-15(14)18(20)21/h2-8,10,17,19H,1H3. The topological polar surface area (TPSA) is 99.2 Å². The van der Waals surface area contributed by atoms with Crippen molar-refractivity contribution in [3.63, 3.8) is 0 Å². The SMILES string of the molecule is CC(Nc1ccc(C#N)cc1[N+](=O)[O-])c1cccc(O)c1. The fourth-order valence-electron chi connectivity index (χ4n) is 1.99. The molecule has 6 heteroatoms. The lowest BCUT2D eigenvalue weighted by Crippen LogP contribution is -2.08. The number of nitro groups is 1. The highest BCUT2D eigenvalue weighted by atomic mass is 16.6. The molecule has 0 aliphatic rings. The maximum Gasteiger partial charge on any atom is 0.293 e. The zero-order chi connectivity index (χ0) is 15.4. The minimum atomic E-state index is -0.529. The maximum absolute atomic E-state index is 11.1. The van der Waals surface area contributed by atoms with Crippen molar-refractivity contribution in [3.8, 4) is 11.8 Å². The van der Waals surface area contributed by atoms with Gasteiger partial charge in [0.2, 0.25) is 0 Å². The van der Waals surface area contributed by atoms with Crippen LogP contribution in [0.2, 0.25) is 0 Å². The maximum atomic E-state index is 11.1. The second-order valence-electron chi connectivity index (χ2n) is 4.56. The number of nitrogens with zero attached hydrogens (tertiary/aromatic N) is 2. The van der Waals surface area contributed by atoms with Crippen molar-refractivity contribution in [2.75, 3.05) is 5.32 Å². The van der Waals surface area contributed by atoms with Crippen molar-refractivity contribution in [1.82, 2.24) is 0 Å². The molecule has 0 aliphatic heterocycles. The number of benzene rings is 2. The first kappa shape index (κ1) is 14.3. The summed E-state index contributed by atoms with van der Waals surface area (Å²) in [6, 6.07) is 12.6. The Balaban J connectivity index is 2.31. The van der Waals surface area contributed by atoms with Crippen LogP contribution in [-0.2, 0) is 0 Å². The third-order valence-electron chi connectivity index (χ3n) is 3.07. The van der Waals surface area contributed by atoms with E-state index >= 15 is 0 Å². The van der Waals surface area contributed by atoms with Gasteiger partial charge in [-0.15, -0.1) is 0 Å². The van der Waals surface area contributed by atoms with E-state index in [1.165, 1.54) is 18.2 Å². The van der Waals surface area contributed by atoms with Crippen LogP contribution >= 0.6 is 0 Å². The van der Waals surface area contributed by atoms with Gasteiger partial charge >= 0.3 is 0 Å². The molecule has 21 heavy (non-hydrogen) atoms. The van der Waals surface area contributed by atoms with E-state index in [1.54, 1.807) is 18.2 Å². The van der Waals surface area contributed by atoms with E-state index in [4.69, 9.17) is 5.26 Å². The summed E-state index contributed by atoms with van der Waals surface area (Å²) in [6.45, 7) is 1.83. The Kier molecular flexibility index (Phi) is 4.05. The van der Waals surface area contributed by atoms with Crippen LogP contribution in [-0.4, -0.2) is 10.0 Å². The van der Waals surface area contributed by atoms with E-state index in [0.29, 0.717) is 5.69 Å². The summed E-state index contributed by atoms with van der Waals surface area (Å²) < 4.78 is 0. The molecule has 1 unspecified atom stereocenters. The van der Waals surface area contributed by atoms with Gasteiger partial charge < -0.3 is 10.4 Å². The van der Waals surface area contributed by atoms with E-state index < -0.39 is 4.92 Å². The highest BCUT2D eigenvalue weighted by molar-refractivity contribution is 5.64. The fourth-order valence-corrected chi connectivity index (χ4v) is 1.99. The van der Waals surface area contributed by atoms with Gasteiger partial charge in [0, 0.05) is 12.1 Å². The summed E-state index contributed by atoms with van der Waals surface area (Å²) in [5.41, 5.74) is 1.21. The average Bonchev–Trinajstić information content (AvgIpc) is 2.47. The van der Waals surface area contributed by atoms with E-state index in [1.807, 2.05) is 19.1 Å². The third-order valence-corrected chi connectivity index (χ3v) is 3.07. The fraction of sp³-hybridized carbons (Fsp3) is 0.133. The molecule has 0 saturated heterocycles. The first-order valence-electron chi connectivity index (χ1n) is 6.25. The zero-order valence-corrected chi connectivity index (χ0v) is 11.3. The Labute approximate surface area is 121 Å². The van der Waals surface area contributed by atoms with Crippen LogP contribution in [0.1, 0.15) is 24.1 Å². The molecule has 2 rings (SSSR count). The van der Waals surface area contributed by atoms with E-state index in [2.05, 4.69) is 5.32 Å². The number of phenolic OH excluding ortho intramolecular Hbond substituents is 1. The number of nitro benzene ring substituents is 1. The normalized spacial score (nSPS) is 11.4. The van der Waals surface area contributed by atoms with Crippen molar-refractivity contribution >= 4 is 11.4 Å². The summed E-state index contributed by atoms with van der Waals surface area (Å²) in [7, 11) is 0. The highest BCUT2D eigenvalue weighted by Crippen LogP contribution is 2.29. The Morgan fingerprint density at radius 2 is 2.10 bits per heavy atom. The summed E-state index contributed by atoms with van der Waals surface area (Å²) >= 11 is 0. The monoisotopic (exact) mass is 283 g/mol. The van der Waals surface area contributed by atoms with Gasteiger partial charge in [-0.25, -0.2) is 0 Å². The smallest absolute Gasteiger partial charge is 0.293 e. The Morgan fingerprint density at radius 3 is 2.71 bits per heavy atom. The minimum absolute atomic E-state index is 0.135. The lowest BCUT2D eigenvalue weighted by atomic mass is 10.1.